The van der Waals surface area contributed by atoms with Crippen molar-refractivity contribution in [1.29, 1.82) is 0 Å². The van der Waals surface area contributed by atoms with Crippen molar-refractivity contribution in [2.45, 2.75) is 18.3 Å². The number of ether oxygens (including phenoxy) is 1. The third-order valence-electron chi connectivity index (χ3n) is 2.01. The molecular weight excluding hydrogens is 304 g/mol. The summed E-state index contributed by atoms with van der Waals surface area (Å²) in [6, 6.07) is 0.141. The van der Waals surface area contributed by atoms with Crippen LogP contribution in [0.5, 0.6) is 5.75 Å². The zero-order chi connectivity index (χ0) is 15.8. The summed E-state index contributed by atoms with van der Waals surface area (Å²) in [4.78, 5) is 2.86. The smallest absolute Gasteiger partial charge is 0.456 e. The fraction of sp³-hybridized carbons (Fsp3) is 0.444. The van der Waals surface area contributed by atoms with Crippen molar-refractivity contribution in [2.24, 2.45) is 0 Å². The van der Waals surface area contributed by atoms with Crippen LogP contribution in [0.25, 0.3) is 0 Å². The molecule has 1 rings (SSSR count). The number of hydrogen-bond donors (Lipinski definition) is 1. The first kappa shape index (κ1) is 16.2. The molecular formula is C9H6F8N2O. The lowest BCUT2D eigenvalue weighted by molar-refractivity contribution is -0.289. The monoisotopic (exact) mass is 310 g/mol. The molecule has 1 aromatic heterocycles. The number of hydrogen-bond acceptors (Lipinski definition) is 3. The fourth-order valence-electron chi connectivity index (χ4n) is 0.978. The van der Waals surface area contributed by atoms with Gasteiger partial charge in [-0.05, 0) is 0 Å². The molecule has 0 radical (unpaired) electrons. The fourth-order valence-corrected chi connectivity index (χ4v) is 0.978. The molecule has 0 saturated heterocycles. The van der Waals surface area contributed by atoms with Gasteiger partial charge in [0.25, 0.3) is 0 Å². The van der Waals surface area contributed by atoms with Crippen LogP contribution in [0.4, 0.5) is 40.8 Å². The Balaban J connectivity index is 2.94. The van der Waals surface area contributed by atoms with Gasteiger partial charge in [-0.3, -0.25) is 0 Å². The van der Waals surface area contributed by atoms with Gasteiger partial charge in [-0.15, -0.1) is 0 Å². The van der Waals surface area contributed by atoms with Crippen molar-refractivity contribution in [1.82, 2.24) is 4.98 Å². The highest BCUT2D eigenvalue weighted by Gasteiger charge is 2.58. The van der Waals surface area contributed by atoms with Crippen molar-refractivity contribution in [3.05, 3.63) is 18.0 Å². The second-order valence-corrected chi connectivity index (χ2v) is 3.60. The van der Waals surface area contributed by atoms with E-state index in [0.29, 0.717) is 6.20 Å². The Morgan fingerprint density at radius 3 is 2.05 bits per heavy atom. The first-order valence-corrected chi connectivity index (χ1v) is 4.74. The number of nitrogens with two attached hydrogens (primary N) is 1. The van der Waals surface area contributed by atoms with E-state index in [0.717, 1.165) is 0 Å². The molecule has 0 aliphatic carbocycles. The average molecular weight is 310 g/mol. The van der Waals surface area contributed by atoms with E-state index < -0.39 is 42.0 Å². The summed E-state index contributed by atoms with van der Waals surface area (Å²) in [5.74, 6) is -6.18. The Kier molecular flexibility index (Phi) is 4.02. The zero-order valence-electron chi connectivity index (χ0n) is 9.32. The van der Waals surface area contributed by atoms with E-state index in [1.165, 1.54) is 0 Å². The number of nitrogen functional groups attached to an aromatic ring is 1. The second kappa shape index (κ2) is 4.94. The van der Waals surface area contributed by atoms with Crippen molar-refractivity contribution >= 4 is 5.69 Å². The quantitative estimate of drug-likeness (QED) is 0.872. The van der Waals surface area contributed by atoms with Gasteiger partial charge >= 0.3 is 18.3 Å². The topological polar surface area (TPSA) is 48.1 Å². The standard InChI is InChI=1S/C9H6F8N2O/c10-7(11,9(15,16)17)3-20-5-1-6(8(12,13)14)19-2-4(5)18/h1-2H,3,18H2. The normalized spacial score (nSPS) is 13.4. The summed E-state index contributed by atoms with van der Waals surface area (Å²) in [7, 11) is 0. The largest absolute Gasteiger partial charge is 0.485 e. The predicted octanol–water partition coefficient (Wildman–Crippen LogP) is 3.26. The van der Waals surface area contributed by atoms with Crippen LogP contribution >= 0.6 is 0 Å². The van der Waals surface area contributed by atoms with Crippen molar-refractivity contribution in [2.75, 3.05) is 12.3 Å². The third-order valence-corrected chi connectivity index (χ3v) is 2.01. The minimum atomic E-state index is -5.89. The molecule has 0 bridgehead atoms. The van der Waals surface area contributed by atoms with Gasteiger partial charge in [-0.1, -0.05) is 0 Å². The number of pyridine rings is 1. The van der Waals surface area contributed by atoms with E-state index in [9.17, 15) is 35.1 Å². The van der Waals surface area contributed by atoms with Gasteiger partial charge in [-0.25, -0.2) is 4.98 Å². The van der Waals surface area contributed by atoms with Crippen LogP contribution in [0.1, 0.15) is 5.69 Å². The molecule has 1 aromatic rings. The number of aromatic nitrogens is 1. The summed E-state index contributed by atoms with van der Waals surface area (Å²) in [5, 5.41) is 0. The van der Waals surface area contributed by atoms with E-state index in [-0.39, 0.29) is 6.07 Å². The summed E-state index contributed by atoms with van der Waals surface area (Å²) < 4.78 is 102. The van der Waals surface area contributed by atoms with Crippen LogP contribution < -0.4 is 10.5 Å². The molecule has 0 spiro atoms. The zero-order valence-corrected chi connectivity index (χ0v) is 9.32. The minimum Gasteiger partial charge on any atom is -0.485 e. The van der Waals surface area contributed by atoms with Crippen LogP contribution in [-0.4, -0.2) is 23.7 Å². The van der Waals surface area contributed by atoms with E-state index in [1.54, 1.807) is 0 Å². The van der Waals surface area contributed by atoms with Crippen LogP contribution in [-0.2, 0) is 6.18 Å². The van der Waals surface area contributed by atoms with E-state index in [2.05, 4.69) is 9.72 Å². The first-order chi connectivity index (χ1) is 8.84. The Labute approximate surface area is 106 Å². The minimum absolute atomic E-state index is 0.141. The Bertz CT molecular complexity index is 482. The number of rotatable bonds is 3. The van der Waals surface area contributed by atoms with Gasteiger partial charge in [0.05, 0.1) is 11.9 Å². The highest BCUT2D eigenvalue weighted by molar-refractivity contribution is 5.51. The SMILES string of the molecule is Nc1cnc(C(F)(F)F)cc1OCC(F)(F)C(F)(F)F. The van der Waals surface area contributed by atoms with Gasteiger partial charge in [0.15, 0.2) is 6.61 Å². The lowest BCUT2D eigenvalue weighted by Gasteiger charge is -2.20. The molecule has 0 aliphatic heterocycles. The molecule has 0 unspecified atom stereocenters. The number of nitrogens with zero attached hydrogens (tertiary/aromatic N) is 1. The lowest BCUT2D eigenvalue weighted by atomic mass is 10.3. The van der Waals surface area contributed by atoms with Crippen molar-refractivity contribution in [3.8, 4) is 5.75 Å². The Morgan fingerprint density at radius 1 is 1.05 bits per heavy atom. The average Bonchev–Trinajstić information content (AvgIpc) is 2.24. The van der Waals surface area contributed by atoms with E-state index in [4.69, 9.17) is 5.73 Å². The van der Waals surface area contributed by atoms with Crippen molar-refractivity contribution in [3.63, 3.8) is 0 Å². The maximum atomic E-state index is 12.6. The maximum absolute atomic E-state index is 12.6. The van der Waals surface area contributed by atoms with Gasteiger partial charge in [0, 0.05) is 6.07 Å². The number of anilines is 1. The second-order valence-electron chi connectivity index (χ2n) is 3.60. The van der Waals surface area contributed by atoms with Gasteiger partial charge in [0.2, 0.25) is 0 Å². The van der Waals surface area contributed by atoms with E-state index in [1.807, 2.05) is 0 Å². The lowest BCUT2D eigenvalue weighted by Crippen LogP contribution is -2.41. The highest BCUT2D eigenvalue weighted by Crippen LogP contribution is 2.37. The summed E-state index contributed by atoms with van der Waals surface area (Å²) in [5.41, 5.74) is 2.96. The first-order valence-electron chi connectivity index (χ1n) is 4.74. The highest BCUT2D eigenvalue weighted by atomic mass is 19.4. The van der Waals surface area contributed by atoms with Gasteiger partial charge in [0.1, 0.15) is 11.4 Å². The Morgan fingerprint density at radius 2 is 1.60 bits per heavy atom. The molecule has 3 nitrogen and oxygen atoms in total. The van der Waals surface area contributed by atoms with Gasteiger partial charge < -0.3 is 10.5 Å². The maximum Gasteiger partial charge on any atom is 0.456 e. The number of alkyl halides is 8. The molecule has 0 aliphatic rings. The Hall–Kier alpha value is -1.81. The molecule has 0 atom stereocenters. The summed E-state index contributed by atoms with van der Waals surface area (Å²) in [6.07, 6.45) is -10.4. The summed E-state index contributed by atoms with van der Waals surface area (Å²) in [6.45, 7) is -2.19. The third kappa shape index (κ3) is 3.61. The molecule has 0 amide bonds. The summed E-state index contributed by atoms with van der Waals surface area (Å²) >= 11 is 0. The van der Waals surface area contributed by atoms with Crippen LogP contribution in [0.3, 0.4) is 0 Å². The van der Waals surface area contributed by atoms with Crippen LogP contribution in [0, 0.1) is 0 Å². The molecule has 0 saturated carbocycles. The molecule has 11 heteroatoms. The molecule has 114 valence electrons. The molecule has 0 fully saturated rings. The molecule has 20 heavy (non-hydrogen) atoms. The van der Waals surface area contributed by atoms with Crippen molar-refractivity contribution < 1.29 is 39.9 Å². The van der Waals surface area contributed by atoms with Crippen LogP contribution in [0.15, 0.2) is 12.3 Å². The molecule has 0 aromatic carbocycles. The van der Waals surface area contributed by atoms with E-state index >= 15 is 0 Å². The van der Waals surface area contributed by atoms with Gasteiger partial charge in [-0.2, -0.15) is 35.1 Å². The molecule has 1 heterocycles. The molecule has 2 N–H and O–H groups in total. The number of halogens is 8. The van der Waals surface area contributed by atoms with Crippen LogP contribution in [0.2, 0.25) is 0 Å². The predicted molar refractivity (Wildman–Crippen MR) is 50.1 cm³/mol.